The molecule has 3 aromatic carbocycles. The fourth-order valence-electron chi connectivity index (χ4n) is 3.85. The van der Waals surface area contributed by atoms with Crippen LogP contribution in [0.1, 0.15) is 28.4 Å². The van der Waals surface area contributed by atoms with E-state index in [4.69, 9.17) is 0 Å². The van der Waals surface area contributed by atoms with E-state index in [9.17, 15) is 14.7 Å². The van der Waals surface area contributed by atoms with Gasteiger partial charge in [-0.3, -0.25) is 9.59 Å². The highest BCUT2D eigenvalue weighted by atomic mass is 16.4. The summed E-state index contributed by atoms with van der Waals surface area (Å²) in [4.78, 5) is 35.8. The van der Waals surface area contributed by atoms with Crippen LogP contribution in [0.4, 0.5) is 5.69 Å². The zero-order valence-electron chi connectivity index (χ0n) is 16.9. The lowest BCUT2D eigenvalue weighted by atomic mass is 10.0. The number of carboxylic acids is 1. The predicted octanol–water partition coefficient (Wildman–Crippen LogP) is 4.23. The number of benzene rings is 3. The minimum Gasteiger partial charge on any atom is -0.481 e. The van der Waals surface area contributed by atoms with Gasteiger partial charge in [-0.1, -0.05) is 30.3 Å². The lowest BCUT2D eigenvalue weighted by molar-refractivity contribution is -0.137. The maximum Gasteiger partial charge on any atom is 0.305 e. The average Bonchev–Trinajstić information content (AvgIpc) is 3.44. The van der Waals surface area contributed by atoms with Crippen molar-refractivity contribution in [3.63, 3.8) is 0 Å². The van der Waals surface area contributed by atoms with Gasteiger partial charge in [-0.15, -0.1) is 0 Å². The molecular formula is C24H19N5O3. The van der Waals surface area contributed by atoms with Gasteiger partial charge in [0, 0.05) is 11.3 Å². The highest BCUT2D eigenvalue weighted by Gasteiger charge is 2.20. The zero-order valence-corrected chi connectivity index (χ0v) is 16.9. The second-order valence-electron chi connectivity index (χ2n) is 7.47. The number of anilines is 1. The van der Waals surface area contributed by atoms with Gasteiger partial charge in [-0.05, 0) is 42.0 Å². The van der Waals surface area contributed by atoms with E-state index >= 15 is 0 Å². The molecule has 1 unspecified atom stereocenters. The van der Waals surface area contributed by atoms with Gasteiger partial charge in [-0.2, -0.15) is 0 Å². The molecule has 0 spiro atoms. The monoisotopic (exact) mass is 425 g/mol. The van der Waals surface area contributed by atoms with Crippen LogP contribution in [-0.2, 0) is 4.79 Å². The molecule has 8 heteroatoms. The number of carbonyl (C=O) groups excluding carboxylic acids is 1. The molecule has 2 aromatic heterocycles. The van der Waals surface area contributed by atoms with Crippen LogP contribution in [0.3, 0.4) is 0 Å². The first-order valence-electron chi connectivity index (χ1n) is 10.1. The van der Waals surface area contributed by atoms with Gasteiger partial charge in [0.2, 0.25) is 0 Å². The molecule has 0 radical (unpaired) electrons. The Hall–Kier alpha value is -4.46. The smallest absolute Gasteiger partial charge is 0.305 e. The van der Waals surface area contributed by atoms with E-state index in [0.29, 0.717) is 16.8 Å². The topological polar surface area (TPSA) is 113 Å². The van der Waals surface area contributed by atoms with E-state index in [1.165, 1.54) is 0 Å². The number of fused-ring (bicyclic) bond motifs is 2. The van der Waals surface area contributed by atoms with Crippen molar-refractivity contribution >= 4 is 39.6 Å². The lowest BCUT2D eigenvalue weighted by Gasteiger charge is -2.18. The van der Waals surface area contributed by atoms with Crippen LogP contribution in [-0.4, -0.2) is 36.5 Å². The molecule has 0 saturated carbocycles. The van der Waals surface area contributed by atoms with Crippen molar-refractivity contribution in [2.24, 2.45) is 0 Å². The third-order valence-electron chi connectivity index (χ3n) is 5.40. The number of aromatic nitrogens is 4. The van der Waals surface area contributed by atoms with E-state index in [1.807, 2.05) is 47.0 Å². The number of hydrogen-bond acceptors (Lipinski definition) is 4. The van der Waals surface area contributed by atoms with Crippen molar-refractivity contribution in [1.82, 2.24) is 19.5 Å². The Morgan fingerprint density at radius 3 is 2.66 bits per heavy atom. The van der Waals surface area contributed by atoms with Crippen molar-refractivity contribution in [2.45, 2.75) is 12.5 Å². The number of H-pyrrole nitrogens is 1. The molecule has 1 amide bonds. The van der Waals surface area contributed by atoms with Gasteiger partial charge in [-0.25, -0.2) is 9.97 Å². The highest BCUT2D eigenvalue weighted by Crippen LogP contribution is 2.28. The highest BCUT2D eigenvalue weighted by molar-refractivity contribution is 6.06. The number of hydrogen-bond donors (Lipinski definition) is 3. The molecule has 0 aliphatic heterocycles. The first-order valence-corrected chi connectivity index (χ1v) is 10.1. The summed E-state index contributed by atoms with van der Waals surface area (Å²) in [6.45, 7) is 0. The van der Waals surface area contributed by atoms with E-state index < -0.39 is 5.97 Å². The minimum atomic E-state index is -0.890. The average molecular weight is 425 g/mol. The minimum absolute atomic E-state index is 0.0658. The largest absolute Gasteiger partial charge is 0.481 e. The Bertz CT molecular complexity index is 1440. The Balaban J connectivity index is 1.44. The SMILES string of the molecule is O=C(O)CC(c1ccccc1)n1cnc2cc(NC(=O)c3ccc4[nH]cnc4c3)ccc21. The second-order valence-corrected chi connectivity index (χ2v) is 7.47. The quantitative estimate of drug-likeness (QED) is 0.377. The zero-order chi connectivity index (χ0) is 22.1. The normalized spacial score (nSPS) is 12.1. The lowest BCUT2D eigenvalue weighted by Crippen LogP contribution is -2.14. The third kappa shape index (κ3) is 3.69. The fraction of sp³-hybridized carbons (Fsp3) is 0.0833. The maximum absolute atomic E-state index is 12.7. The Kier molecular flexibility index (Phi) is 4.87. The Morgan fingerprint density at radius 1 is 1.00 bits per heavy atom. The van der Waals surface area contributed by atoms with E-state index in [0.717, 1.165) is 22.1 Å². The summed E-state index contributed by atoms with van der Waals surface area (Å²) < 4.78 is 1.86. The number of aliphatic carboxylic acids is 1. The van der Waals surface area contributed by atoms with Gasteiger partial charge in [0.1, 0.15) is 0 Å². The van der Waals surface area contributed by atoms with E-state index in [2.05, 4.69) is 20.3 Å². The van der Waals surface area contributed by atoms with E-state index in [1.54, 1.807) is 36.9 Å². The summed E-state index contributed by atoms with van der Waals surface area (Å²) >= 11 is 0. The van der Waals surface area contributed by atoms with E-state index in [-0.39, 0.29) is 18.4 Å². The van der Waals surface area contributed by atoms with Crippen molar-refractivity contribution in [3.05, 3.63) is 90.5 Å². The molecule has 1 atom stereocenters. The number of aromatic amines is 1. The number of nitrogens with one attached hydrogen (secondary N) is 2. The third-order valence-corrected chi connectivity index (χ3v) is 5.40. The van der Waals surface area contributed by atoms with Gasteiger partial charge in [0.15, 0.2) is 0 Å². The van der Waals surface area contributed by atoms with Gasteiger partial charge in [0.05, 0.1) is 47.2 Å². The first kappa shape index (κ1) is 19.5. The first-order chi connectivity index (χ1) is 15.6. The molecule has 0 bridgehead atoms. The molecule has 3 N–H and O–H groups in total. The molecule has 0 fully saturated rings. The maximum atomic E-state index is 12.7. The molecular weight excluding hydrogens is 406 g/mol. The number of carboxylic acid groups (broad SMARTS) is 1. The van der Waals surface area contributed by atoms with Crippen LogP contribution >= 0.6 is 0 Å². The predicted molar refractivity (Wildman–Crippen MR) is 121 cm³/mol. The number of carbonyl (C=O) groups is 2. The number of amides is 1. The van der Waals surface area contributed by atoms with Gasteiger partial charge in [0.25, 0.3) is 5.91 Å². The molecule has 5 aromatic rings. The van der Waals surface area contributed by atoms with Crippen LogP contribution < -0.4 is 5.32 Å². The summed E-state index contributed by atoms with van der Waals surface area (Å²) in [5.74, 6) is -1.14. The molecule has 2 heterocycles. The Morgan fingerprint density at radius 2 is 1.84 bits per heavy atom. The Labute approximate surface area is 182 Å². The number of nitrogens with zero attached hydrogens (tertiary/aromatic N) is 3. The summed E-state index contributed by atoms with van der Waals surface area (Å²) in [5, 5.41) is 12.3. The van der Waals surface area contributed by atoms with Crippen molar-refractivity contribution < 1.29 is 14.7 Å². The molecule has 0 aliphatic carbocycles. The summed E-state index contributed by atoms with van der Waals surface area (Å²) in [5.41, 5.74) is 5.03. The fourth-order valence-corrected chi connectivity index (χ4v) is 3.85. The van der Waals surface area contributed by atoms with Crippen molar-refractivity contribution in [2.75, 3.05) is 5.32 Å². The molecule has 5 rings (SSSR count). The summed E-state index contributed by atoms with van der Waals surface area (Å²) in [6, 6.07) is 19.8. The van der Waals surface area contributed by atoms with Crippen LogP contribution in [0, 0.1) is 0 Å². The van der Waals surface area contributed by atoms with Crippen molar-refractivity contribution in [1.29, 1.82) is 0 Å². The molecule has 0 aliphatic rings. The van der Waals surface area contributed by atoms with Crippen LogP contribution in [0.5, 0.6) is 0 Å². The molecule has 158 valence electrons. The van der Waals surface area contributed by atoms with Gasteiger partial charge < -0.3 is 20.0 Å². The van der Waals surface area contributed by atoms with Crippen LogP contribution in [0.25, 0.3) is 22.1 Å². The molecule has 0 saturated heterocycles. The molecule has 32 heavy (non-hydrogen) atoms. The summed E-state index contributed by atoms with van der Waals surface area (Å²) in [6.07, 6.45) is 3.16. The van der Waals surface area contributed by atoms with Crippen LogP contribution in [0.15, 0.2) is 79.4 Å². The number of imidazole rings is 2. The van der Waals surface area contributed by atoms with Gasteiger partial charge >= 0.3 is 5.97 Å². The van der Waals surface area contributed by atoms with Crippen LogP contribution in [0.2, 0.25) is 0 Å². The number of rotatable bonds is 6. The molecule has 8 nitrogen and oxygen atoms in total. The standard InChI is InChI=1S/C24H19N5O3/c30-23(31)12-22(15-4-2-1-3-5-15)29-14-27-20-11-17(7-9-21(20)29)28-24(32)16-6-8-18-19(10-16)26-13-25-18/h1-11,13-14,22H,12H2,(H,25,26)(H,28,32)(H,30,31). The second kappa shape index (κ2) is 7.99. The van der Waals surface area contributed by atoms with Crippen molar-refractivity contribution in [3.8, 4) is 0 Å². The summed E-state index contributed by atoms with van der Waals surface area (Å²) in [7, 11) is 0.